The minimum Gasteiger partial charge on any atom is -0.457 e. The van der Waals surface area contributed by atoms with Gasteiger partial charge in [-0.1, -0.05) is 194 Å². The molecule has 0 atom stereocenters. The lowest BCUT2D eigenvalue weighted by Gasteiger charge is -2.04. The zero-order valence-corrected chi connectivity index (χ0v) is 37.7. The number of para-hydroxylation sites is 6. The second-order valence-electron chi connectivity index (χ2n) is 17.4. The van der Waals surface area contributed by atoms with E-state index in [0.29, 0.717) is 11.2 Å². The number of rotatable bonds is 0. The molecule has 5 heteroatoms. The summed E-state index contributed by atoms with van der Waals surface area (Å²) in [5.74, 6) is 0. The first kappa shape index (κ1) is 41.1. The second kappa shape index (κ2) is 18.2. The summed E-state index contributed by atoms with van der Waals surface area (Å²) in [7, 11) is 0. The monoisotopic (exact) mass is 886 g/mol. The Hall–Kier alpha value is -9.32. The molecule has 0 unspecified atom stereocenters. The lowest BCUT2D eigenvalue weighted by Crippen LogP contribution is -1.82. The number of H-pyrrole nitrogens is 4. The fourth-order valence-corrected chi connectivity index (χ4v) is 9.21. The topological polar surface area (TPSA) is 76.3 Å². The van der Waals surface area contributed by atoms with E-state index in [-0.39, 0.29) is 0 Å². The van der Waals surface area contributed by atoms with Crippen molar-refractivity contribution in [2.75, 3.05) is 0 Å². The van der Waals surface area contributed by atoms with E-state index < -0.39 is 0 Å². The van der Waals surface area contributed by atoms with Crippen LogP contribution in [0.5, 0.6) is 0 Å². The Morgan fingerprint density at radius 1 is 0.232 bits per heavy atom. The van der Waals surface area contributed by atoms with E-state index in [1.54, 1.807) is 0 Å². The average molecular weight is 887 g/mol. The Labute approximate surface area is 397 Å². The summed E-state index contributed by atoms with van der Waals surface area (Å²) >= 11 is 0. The quantitative estimate of drug-likeness (QED) is 0.120. The lowest BCUT2D eigenvalue weighted by molar-refractivity contribution is 0.656. The molecule has 328 valence electrons. The van der Waals surface area contributed by atoms with Gasteiger partial charge in [0.25, 0.3) is 0 Å². The van der Waals surface area contributed by atoms with Crippen molar-refractivity contribution < 1.29 is 4.42 Å². The van der Waals surface area contributed by atoms with Gasteiger partial charge >= 0.3 is 0 Å². The van der Waals surface area contributed by atoms with Crippen molar-refractivity contribution in [3.8, 4) is 0 Å². The van der Waals surface area contributed by atoms with E-state index >= 15 is 0 Å². The number of nitrogens with one attached hydrogen (secondary N) is 4. The van der Waals surface area contributed by atoms with Crippen LogP contribution in [0.1, 0.15) is 0 Å². The van der Waals surface area contributed by atoms with Crippen LogP contribution in [0.15, 0.2) is 259 Å². The highest BCUT2D eigenvalue weighted by atomic mass is 16.3. The van der Waals surface area contributed by atoms with E-state index in [2.05, 4.69) is 238 Å². The highest BCUT2D eigenvalue weighted by molar-refractivity contribution is 6.11. The molecule has 4 N–H and O–H groups in total. The summed E-state index contributed by atoms with van der Waals surface area (Å²) in [5, 5.41) is 13.3. The average Bonchev–Trinajstić information content (AvgIpc) is 3.39. The molecule has 0 saturated carbocycles. The molecule has 6 aromatic heterocycles. The van der Waals surface area contributed by atoms with Crippen LogP contribution in [0.2, 0.25) is 0 Å². The van der Waals surface area contributed by atoms with E-state index in [1.165, 1.54) is 0 Å². The predicted molar refractivity (Wildman–Crippen MR) is 294 cm³/mol. The van der Waals surface area contributed by atoms with Gasteiger partial charge in [-0.05, 0) is 91.6 Å². The molecule has 0 amide bonds. The SMILES string of the molecule is c1cc2cc(c1)oc1cccc(c1)[nH]c1ccccc1[nH]c1c3cccc1c1ccc(ccc4ccc(cc4)c4cccc(c5ccc(ccc6ccc3cc6)cc5)c4[nH]c3ccccc3[nH]2)cc1. The van der Waals surface area contributed by atoms with Crippen molar-refractivity contribution in [2.24, 2.45) is 0 Å². The maximum absolute atomic E-state index is 6.57. The molecule has 5 nitrogen and oxygen atoms in total. The molecule has 0 fully saturated rings. The van der Waals surface area contributed by atoms with Crippen molar-refractivity contribution in [2.45, 2.75) is 0 Å². The minimum atomic E-state index is 0.715. The van der Waals surface area contributed by atoms with Crippen molar-refractivity contribution in [1.29, 1.82) is 0 Å². The molecular weight excluding hydrogens is 841 g/mol. The molecule has 18 bridgehead atoms. The van der Waals surface area contributed by atoms with Crippen LogP contribution in [-0.4, -0.2) is 19.9 Å². The maximum Gasteiger partial charge on any atom is 0.129 e. The van der Waals surface area contributed by atoms with Gasteiger partial charge in [0, 0.05) is 44.7 Å². The fourth-order valence-electron chi connectivity index (χ4n) is 9.21. The highest BCUT2D eigenvalue weighted by Gasteiger charge is 2.04. The molecule has 6 heterocycles. The van der Waals surface area contributed by atoms with E-state index in [9.17, 15) is 0 Å². The molecule has 23 aromatic rings. The summed E-state index contributed by atoms with van der Waals surface area (Å²) in [6, 6.07) is 90.0. The standard InChI is InChI=1S/C64H46N4O/c1-3-19-61-59(17-1)65-51-9-5-11-53(41-51)69-54-12-6-10-52(42-54)66-60-18-2-4-20-62(60)68-64-57-15-8-16-58(64)50-39-31-46(32-40-50)24-22-44-27-35-48(36-28-44)56-14-7-13-55(63(56)67-61)47-33-25-43(26-34-47)21-23-45-29-37-49(57)38-30-45/h1-42,65-68H. The van der Waals surface area contributed by atoms with E-state index in [1.807, 2.05) is 36.4 Å². The molecule has 0 radical (unpaired) electrons. The van der Waals surface area contributed by atoms with E-state index in [4.69, 9.17) is 4.42 Å². The van der Waals surface area contributed by atoms with Crippen LogP contribution in [0.25, 0.3) is 120 Å². The zero-order chi connectivity index (χ0) is 45.9. The Bertz CT molecular complexity index is 3880. The smallest absolute Gasteiger partial charge is 0.129 e. The van der Waals surface area contributed by atoms with E-state index in [0.717, 1.165) is 109 Å². The molecular formula is C64H46N4O. The van der Waals surface area contributed by atoms with Gasteiger partial charge in [-0.25, -0.2) is 0 Å². The molecule has 23 rings (SSSR count). The summed E-state index contributed by atoms with van der Waals surface area (Å²) in [5.41, 5.74) is 8.99. The number of aromatic nitrogens is 4. The first-order valence-corrected chi connectivity index (χ1v) is 23.3. The van der Waals surface area contributed by atoms with Gasteiger partial charge in [0.2, 0.25) is 0 Å². The Morgan fingerprint density at radius 2 is 0.507 bits per heavy atom. The first-order valence-electron chi connectivity index (χ1n) is 23.3. The van der Waals surface area contributed by atoms with Gasteiger partial charge in [0.1, 0.15) is 11.2 Å². The normalized spacial score (nSPS) is 11.2. The largest absolute Gasteiger partial charge is 0.457 e. The fraction of sp³-hybridized carbons (Fsp3) is 0. The Kier molecular flexibility index (Phi) is 10.8. The van der Waals surface area contributed by atoms with Crippen LogP contribution < -0.4 is 0 Å². The Balaban J connectivity index is 1.27. The molecule has 69 heavy (non-hydrogen) atoms. The molecule has 0 aliphatic heterocycles. The van der Waals surface area contributed by atoms with Crippen LogP contribution >= 0.6 is 0 Å². The first-order chi connectivity index (χ1) is 34.1. The third-order valence-corrected chi connectivity index (χ3v) is 12.8. The third kappa shape index (κ3) is 8.76. The van der Waals surface area contributed by atoms with Crippen molar-refractivity contribution >= 4 is 120 Å². The minimum absolute atomic E-state index is 0.715. The summed E-state index contributed by atoms with van der Waals surface area (Å²) in [6.45, 7) is 0. The summed E-state index contributed by atoms with van der Waals surface area (Å²) in [6.07, 6.45) is 0. The van der Waals surface area contributed by atoms with Gasteiger partial charge in [-0.2, -0.15) is 0 Å². The molecule has 0 aliphatic carbocycles. The van der Waals surface area contributed by atoms with Gasteiger partial charge in [0.15, 0.2) is 0 Å². The molecule has 0 aliphatic rings. The Morgan fingerprint density at radius 3 is 0.826 bits per heavy atom. The lowest BCUT2D eigenvalue weighted by atomic mass is 10.0. The summed E-state index contributed by atoms with van der Waals surface area (Å²) in [4.78, 5) is 15.3. The van der Waals surface area contributed by atoms with Gasteiger partial charge in [-0.15, -0.1) is 0 Å². The summed E-state index contributed by atoms with van der Waals surface area (Å²) < 4.78 is 6.57. The van der Waals surface area contributed by atoms with Gasteiger partial charge in [0.05, 0.1) is 33.1 Å². The molecule has 17 aromatic carbocycles. The maximum atomic E-state index is 6.57. The molecule has 0 saturated heterocycles. The van der Waals surface area contributed by atoms with Crippen molar-refractivity contribution in [3.05, 3.63) is 255 Å². The van der Waals surface area contributed by atoms with Crippen molar-refractivity contribution in [3.63, 3.8) is 0 Å². The number of hydrogen-bond donors (Lipinski definition) is 4. The number of aromatic amines is 4. The van der Waals surface area contributed by atoms with Gasteiger partial charge in [-0.3, -0.25) is 0 Å². The number of hydrogen-bond acceptors (Lipinski definition) is 1. The number of benzene rings is 10. The van der Waals surface area contributed by atoms with Crippen LogP contribution in [0.3, 0.4) is 0 Å². The van der Waals surface area contributed by atoms with Crippen LogP contribution in [0, 0.1) is 0 Å². The van der Waals surface area contributed by atoms with Crippen LogP contribution in [-0.2, 0) is 0 Å². The van der Waals surface area contributed by atoms with Crippen LogP contribution in [0.4, 0.5) is 0 Å². The predicted octanol–water partition coefficient (Wildman–Crippen LogP) is 18.0. The third-order valence-electron chi connectivity index (χ3n) is 12.8. The van der Waals surface area contributed by atoms with Gasteiger partial charge < -0.3 is 24.4 Å². The van der Waals surface area contributed by atoms with Crippen molar-refractivity contribution in [1.82, 2.24) is 19.9 Å². The highest BCUT2D eigenvalue weighted by Crippen LogP contribution is 2.28. The molecule has 0 spiro atoms. The zero-order valence-electron chi connectivity index (χ0n) is 37.7. The second-order valence-corrected chi connectivity index (χ2v) is 17.4.